The number of rotatable bonds is 4. The number of fused-ring (bicyclic) bond motifs is 1. The van der Waals surface area contributed by atoms with E-state index in [2.05, 4.69) is 4.98 Å². The van der Waals surface area contributed by atoms with Gasteiger partial charge in [-0.15, -0.1) is 0 Å². The molecular weight excluding hydrogens is 310 g/mol. The molecule has 0 saturated carbocycles. The summed E-state index contributed by atoms with van der Waals surface area (Å²) in [5.74, 6) is -0.264. The first-order chi connectivity index (χ1) is 11.5. The summed E-state index contributed by atoms with van der Waals surface area (Å²) in [6, 6.07) is 3.28. The van der Waals surface area contributed by atoms with Crippen LogP contribution in [-0.4, -0.2) is 68.4 Å². The summed E-state index contributed by atoms with van der Waals surface area (Å²) in [5.41, 5.74) is 2.09. The monoisotopic (exact) mass is 333 g/mol. The van der Waals surface area contributed by atoms with Crippen LogP contribution in [0.5, 0.6) is 0 Å². The highest BCUT2D eigenvalue weighted by Gasteiger charge is 2.38. The van der Waals surface area contributed by atoms with Crippen LogP contribution in [0.25, 0.3) is 5.65 Å². The number of carbonyl (C=O) groups is 1. The third kappa shape index (κ3) is 3.15. The number of nitrogens with zero attached hydrogens (tertiary/aromatic N) is 3. The number of aromatic nitrogens is 2. The van der Waals surface area contributed by atoms with Crippen LogP contribution in [0.2, 0.25) is 0 Å². The Balaban J connectivity index is 1.90. The average Bonchev–Trinajstić information content (AvgIpc) is 2.98. The Bertz CT molecular complexity index is 730. The van der Waals surface area contributed by atoms with Crippen molar-refractivity contribution >= 4 is 11.6 Å². The molecule has 3 heterocycles. The van der Waals surface area contributed by atoms with Gasteiger partial charge in [0.15, 0.2) is 0 Å². The van der Waals surface area contributed by atoms with Gasteiger partial charge in [0.25, 0.3) is 5.91 Å². The number of aryl methyl sites for hydroxylation is 1. The van der Waals surface area contributed by atoms with Crippen molar-refractivity contribution in [1.82, 2.24) is 14.3 Å². The van der Waals surface area contributed by atoms with Gasteiger partial charge in [0.05, 0.1) is 19.3 Å². The van der Waals surface area contributed by atoms with Crippen molar-refractivity contribution in [3.8, 4) is 0 Å². The molecule has 0 bridgehead atoms. The lowest BCUT2D eigenvalue weighted by molar-refractivity contribution is -0.125. The molecule has 2 aromatic heterocycles. The van der Waals surface area contributed by atoms with Crippen LogP contribution in [0.15, 0.2) is 24.5 Å². The summed E-state index contributed by atoms with van der Waals surface area (Å²) in [6.45, 7) is 4.68. The molecule has 7 nitrogen and oxygen atoms in total. The van der Waals surface area contributed by atoms with E-state index in [1.807, 2.05) is 32.2 Å². The van der Waals surface area contributed by atoms with Crippen molar-refractivity contribution in [2.45, 2.75) is 38.5 Å². The van der Waals surface area contributed by atoms with E-state index in [1.54, 1.807) is 15.5 Å². The number of hydrogen-bond donors (Lipinski definition) is 2. The Morgan fingerprint density at radius 1 is 1.46 bits per heavy atom. The third-order valence-electron chi connectivity index (χ3n) is 4.33. The maximum atomic E-state index is 12.9. The highest BCUT2D eigenvalue weighted by molar-refractivity contribution is 5.93. The van der Waals surface area contributed by atoms with Gasteiger partial charge >= 0.3 is 0 Å². The summed E-state index contributed by atoms with van der Waals surface area (Å²) in [5, 5.41) is 20.1. The fraction of sp³-hybridized carbons (Fsp3) is 0.529. The lowest BCUT2D eigenvalue weighted by Gasteiger charge is -2.39. The molecule has 0 spiro atoms. The van der Waals surface area contributed by atoms with Crippen LogP contribution in [0.1, 0.15) is 29.4 Å². The number of aliphatic hydroxyl groups excluding tert-OH is 2. The minimum absolute atomic E-state index is 0.0828. The Labute approximate surface area is 140 Å². The van der Waals surface area contributed by atoms with E-state index in [0.29, 0.717) is 17.9 Å². The molecule has 130 valence electrons. The third-order valence-corrected chi connectivity index (χ3v) is 4.33. The lowest BCUT2D eigenvalue weighted by atomic mass is 10.0. The van der Waals surface area contributed by atoms with Crippen molar-refractivity contribution in [2.75, 3.05) is 19.8 Å². The smallest absolute Gasteiger partial charge is 0.274 e. The molecule has 0 unspecified atom stereocenters. The number of ether oxygens (including phenoxy) is 1. The van der Waals surface area contributed by atoms with Crippen molar-refractivity contribution in [3.05, 3.63) is 35.8 Å². The molecule has 24 heavy (non-hydrogen) atoms. The zero-order valence-electron chi connectivity index (χ0n) is 13.9. The van der Waals surface area contributed by atoms with E-state index in [4.69, 9.17) is 4.74 Å². The zero-order chi connectivity index (χ0) is 17.3. The molecule has 1 aliphatic rings. The first-order valence-electron chi connectivity index (χ1n) is 8.21. The Morgan fingerprint density at radius 3 is 3.00 bits per heavy atom. The highest BCUT2D eigenvalue weighted by Crippen LogP contribution is 2.19. The number of aliphatic hydroxyl groups is 2. The van der Waals surface area contributed by atoms with Gasteiger partial charge in [-0.25, -0.2) is 4.98 Å². The number of pyridine rings is 1. The van der Waals surface area contributed by atoms with Crippen molar-refractivity contribution in [2.24, 2.45) is 0 Å². The molecule has 3 rings (SSSR count). The molecule has 2 aromatic rings. The van der Waals surface area contributed by atoms with Gasteiger partial charge in [0.2, 0.25) is 0 Å². The van der Waals surface area contributed by atoms with Crippen molar-refractivity contribution in [3.63, 3.8) is 0 Å². The van der Waals surface area contributed by atoms with Crippen LogP contribution >= 0.6 is 0 Å². The highest BCUT2D eigenvalue weighted by atomic mass is 16.5. The van der Waals surface area contributed by atoms with Gasteiger partial charge in [-0.1, -0.05) is 6.92 Å². The lowest BCUT2D eigenvalue weighted by Crippen LogP contribution is -2.57. The second kappa shape index (κ2) is 6.88. The molecule has 0 radical (unpaired) electrons. The first-order valence-corrected chi connectivity index (χ1v) is 8.21. The maximum absolute atomic E-state index is 12.9. The van der Waals surface area contributed by atoms with Gasteiger partial charge in [0.1, 0.15) is 23.5 Å². The van der Waals surface area contributed by atoms with Crippen LogP contribution in [-0.2, 0) is 4.74 Å². The SMILES string of the molecule is CCCN(C(=O)c1cn2ccc(C)cc2n1)[C@@H]1COC[C@@H](O)[C@H]1O. The molecule has 7 heteroatoms. The zero-order valence-corrected chi connectivity index (χ0v) is 13.9. The first kappa shape index (κ1) is 16.9. The minimum Gasteiger partial charge on any atom is -0.388 e. The second-order valence-corrected chi connectivity index (χ2v) is 6.26. The molecule has 1 aliphatic heterocycles. The van der Waals surface area contributed by atoms with E-state index in [9.17, 15) is 15.0 Å². The molecule has 0 aliphatic carbocycles. The molecule has 1 saturated heterocycles. The molecule has 0 aromatic carbocycles. The predicted octanol–water partition coefficient (Wildman–Crippen LogP) is 0.616. The standard InChI is InChI=1S/C17H23N3O4/c1-3-5-20(13-9-24-10-14(21)16(13)22)17(23)12-8-19-6-4-11(2)7-15(19)18-12/h4,6-8,13-14,16,21-22H,3,5,9-10H2,1-2H3/t13-,14-,16+/m1/s1. The van der Waals surface area contributed by atoms with Gasteiger partial charge in [0, 0.05) is 18.9 Å². The fourth-order valence-electron chi connectivity index (χ4n) is 3.03. The van der Waals surface area contributed by atoms with Gasteiger partial charge in [-0.2, -0.15) is 0 Å². The normalized spacial score (nSPS) is 24.2. The predicted molar refractivity (Wildman–Crippen MR) is 87.9 cm³/mol. The number of imidazole rings is 1. The summed E-state index contributed by atoms with van der Waals surface area (Å²) < 4.78 is 7.12. The Hall–Kier alpha value is -1.96. The number of amides is 1. The van der Waals surface area contributed by atoms with Gasteiger partial charge < -0.3 is 24.3 Å². The second-order valence-electron chi connectivity index (χ2n) is 6.26. The van der Waals surface area contributed by atoms with Gasteiger partial charge in [-0.3, -0.25) is 4.79 Å². The molecule has 1 amide bonds. The van der Waals surface area contributed by atoms with Crippen LogP contribution < -0.4 is 0 Å². The maximum Gasteiger partial charge on any atom is 0.274 e. The molecular formula is C17H23N3O4. The summed E-state index contributed by atoms with van der Waals surface area (Å²) in [6.07, 6.45) is 2.28. The minimum atomic E-state index is -1.02. The quantitative estimate of drug-likeness (QED) is 0.856. The summed E-state index contributed by atoms with van der Waals surface area (Å²) in [4.78, 5) is 18.9. The average molecular weight is 333 g/mol. The topological polar surface area (TPSA) is 87.3 Å². The fourth-order valence-corrected chi connectivity index (χ4v) is 3.03. The van der Waals surface area contributed by atoms with Crippen LogP contribution in [0.3, 0.4) is 0 Å². The summed E-state index contributed by atoms with van der Waals surface area (Å²) >= 11 is 0. The summed E-state index contributed by atoms with van der Waals surface area (Å²) in [7, 11) is 0. The van der Waals surface area contributed by atoms with E-state index in [0.717, 1.165) is 12.0 Å². The Morgan fingerprint density at radius 2 is 2.25 bits per heavy atom. The number of carbonyl (C=O) groups excluding carboxylic acids is 1. The van der Waals surface area contributed by atoms with E-state index >= 15 is 0 Å². The van der Waals surface area contributed by atoms with Crippen molar-refractivity contribution < 1.29 is 19.7 Å². The molecule has 3 atom stereocenters. The Kier molecular flexibility index (Phi) is 4.84. The van der Waals surface area contributed by atoms with Crippen molar-refractivity contribution in [1.29, 1.82) is 0 Å². The van der Waals surface area contributed by atoms with Crippen LogP contribution in [0.4, 0.5) is 0 Å². The van der Waals surface area contributed by atoms with E-state index in [-0.39, 0.29) is 19.1 Å². The number of hydrogen-bond acceptors (Lipinski definition) is 5. The van der Waals surface area contributed by atoms with Crippen LogP contribution in [0, 0.1) is 6.92 Å². The largest absolute Gasteiger partial charge is 0.388 e. The van der Waals surface area contributed by atoms with E-state index in [1.165, 1.54) is 0 Å². The van der Waals surface area contributed by atoms with Gasteiger partial charge in [-0.05, 0) is 31.0 Å². The molecule has 1 fully saturated rings. The molecule has 2 N–H and O–H groups in total. The van der Waals surface area contributed by atoms with E-state index < -0.39 is 18.2 Å².